The van der Waals surface area contributed by atoms with Gasteiger partial charge >= 0.3 is 11.9 Å². The van der Waals surface area contributed by atoms with Crippen molar-refractivity contribution in [2.24, 2.45) is 0 Å². The first-order valence-electron chi connectivity index (χ1n) is 7.48. The molecule has 0 unspecified atom stereocenters. The molecular formula is C16H20N4O4. The molecule has 0 aliphatic carbocycles. The zero-order chi connectivity index (χ0) is 17.7. The molecule has 0 amide bonds. The molecule has 2 rings (SSSR count). The summed E-state index contributed by atoms with van der Waals surface area (Å²) in [5.74, 6) is -1.52. The first-order chi connectivity index (χ1) is 11.4. The van der Waals surface area contributed by atoms with Crippen molar-refractivity contribution in [3.63, 3.8) is 0 Å². The number of nitrogens with zero attached hydrogens (tertiary/aromatic N) is 3. The van der Waals surface area contributed by atoms with Crippen molar-refractivity contribution in [2.75, 3.05) is 26.0 Å². The maximum absolute atomic E-state index is 11.3. The fourth-order valence-electron chi connectivity index (χ4n) is 2.21. The Labute approximate surface area is 139 Å². The monoisotopic (exact) mass is 332 g/mol. The summed E-state index contributed by atoms with van der Waals surface area (Å²) in [6.45, 7) is 0.745. The van der Waals surface area contributed by atoms with E-state index in [1.807, 2.05) is 31.1 Å². The molecule has 0 saturated carbocycles. The Morgan fingerprint density at radius 3 is 2.54 bits per heavy atom. The third kappa shape index (κ3) is 4.63. The van der Waals surface area contributed by atoms with E-state index in [-0.39, 0.29) is 0 Å². The van der Waals surface area contributed by atoms with Crippen molar-refractivity contribution in [3.8, 4) is 0 Å². The number of para-hydroxylation sites is 1. The highest BCUT2D eigenvalue weighted by Gasteiger charge is 2.22. The molecule has 1 atom stereocenters. The standard InChI is InChI=1S/C16H20N4O4/c1-20(2)8-7-13-17-11-6-4-3-5-10(11)15(19-13)18-12(16(23)24)9-14(21)22/h3-6,12H,7-9H2,1-2H3,(H,21,22)(H,23,24)(H,17,18,19)/t12-/m1/s1. The van der Waals surface area contributed by atoms with Crippen molar-refractivity contribution in [3.05, 3.63) is 30.1 Å². The maximum Gasteiger partial charge on any atom is 0.326 e. The maximum atomic E-state index is 11.3. The van der Waals surface area contributed by atoms with Crippen LogP contribution in [0.3, 0.4) is 0 Å². The molecule has 0 fully saturated rings. The SMILES string of the molecule is CN(C)CCc1nc(N[C@H](CC(=O)O)C(=O)O)c2ccccc2n1. The number of anilines is 1. The summed E-state index contributed by atoms with van der Waals surface area (Å²) in [5.41, 5.74) is 0.684. The Morgan fingerprint density at radius 1 is 1.21 bits per heavy atom. The first-order valence-corrected chi connectivity index (χ1v) is 7.48. The lowest BCUT2D eigenvalue weighted by molar-refractivity contribution is -0.144. The van der Waals surface area contributed by atoms with Crippen LogP contribution in [-0.4, -0.2) is 63.7 Å². The van der Waals surface area contributed by atoms with Gasteiger partial charge in [0.1, 0.15) is 17.7 Å². The van der Waals surface area contributed by atoms with E-state index >= 15 is 0 Å². The van der Waals surface area contributed by atoms with Crippen LogP contribution < -0.4 is 5.32 Å². The second-order valence-corrected chi connectivity index (χ2v) is 5.69. The fraction of sp³-hybridized carbons (Fsp3) is 0.375. The van der Waals surface area contributed by atoms with Crippen LogP contribution in [0.5, 0.6) is 0 Å². The predicted octanol–water partition coefficient (Wildman–Crippen LogP) is 1.07. The highest BCUT2D eigenvalue weighted by atomic mass is 16.4. The number of carboxylic acids is 2. The highest BCUT2D eigenvalue weighted by Crippen LogP contribution is 2.21. The van der Waals surface area contributed by atoms with Crippen LogP contribution in [0.1, 0.15) is 12.2 Å². The Morgan fingerprint density at radius 2 is 1.92 bits per heavy atom. The summed E-state index contributed by atoms with van der Waals surface area (Å²) >= 11 is 0. The number of likely N-dealkylation sites (N-methyl/N-ethyl adjacent to an activating group) is 1. The molecule has 0 aliphatic rings. The molecule has 24 heavy (non-hydrogen) atoms. The number of aliphatic carboxylic acids is 2. The molecular weight excluding hydrogens is 312 g/mol. The first kappa shape index (κ1) is 17.6. The minimum atomic E-state index is -1.26. The largest absolute Gasteiger partial charge is 0.481 e. The topological polar surface area (TPSA) is 116 Å². The molecule has 0 radical (unpaired) electrons. The zero-order valence-corrected chi connectivity index (χ0v) is 13.6. The van der Waals surface area contributed by atoms with Gasteiger partial charge < -0.3 is 20.4 Å². The summed E-state index contributed by atoms with van der Waals surface area (Å²) in [7, 11) is 3.88. The Kier molecular flexibility index (Phi) is 5.64. The van der Waals surface area contributed by atoms with Crippen molar-refractivity contribution in [1.29, 1.82) is 0 Å². The molecule has 128 valence electrons. The number of carboxylic acid groups (broad SMARTS) is 2. The normalized spacial score (nSPS) is 12.3. The number of hydrogen-bond acceptors (Lipinski definition) is 6. The Hall–Kier alpha value is -2.74. The number of aromatic nitrogens is 2. The third-order valence-electron chi connectivity index (χ3n) is 3.42. The van der Waals surface area contributed by atoms with E-state index in [1.54, 1.807) is 12.1 Å². The van der Waals surface area contributed by atoms with E-state index in [9.17, 15) is 14.7 Å². The van der Waals surface area contributed by atoms with Crippen LogP contribution in [0.25, 0.3) is 10.9 Å². The Bertz CT molecular complexity index is 748. The molecule has 0 aliphatic heterocycles. The average Bonchev–Trinajstić information content (AvgIpc) is 2.51. The quantitative estimate of drug-likeness (QED) is 0.657. The molecule has 8 nitrogen and oxygen atoms in total. The fourth-order valence-corrected chi connectivity index (χ4v) is 2.21. The summed E-state index contributed by atoms with van der Waals surface area (Å²) < 4.78 is 0. The molecule has 0 spiro atoms. The summed E-state index contributed by atoms with van der Waals surface area (Å²) in [6, 6.07) is 5.95. The van der Waals surface area contributed by atoms with E-state index in [1.165, 1.54) is 0 Å². The van der Waals surface area contributed by atoms with Crippen LogP contribution in [-0.2, 0) is 16.0 Å². The van der Waals surface area contributed by atoms with E-state index in [4.69, 9.17) is 5.11 Å². The van der Waals surface area contributed by atoms with Gasteiger partial charge in [-0.25, -0.2) is 14.8 Å². The summed E-state index contributed by atoms with van der Waals surface area (Å²) in [4.78, 5) is 33.0. The van der Waals surface area contributed by atoms with Gasteiger partial charge in [-0.15, -0.1) is 0 Å². The van der Waals surface area contributed by atoms with Crippen molar-refractivity contribution in [1.82, 2.24) is 14.9 Å². The number of rotatable bonds is 8. The van der Waals surface area contributed by atoms with Crippen LogP contribution in [0.2, 0.25) is 0 Å². The number of fused-ring (bicyclic) bond motifs is 1. The second-order valence-electron chi connectivity index (χ2n) is 5.69. The smallest absolute Gasteiger partial charge is 0.326 e. The number of benzene rings is 1. The van der Waals surface area contributed by atoms with Crippen LogP contribution in [0, 0.1) is 0 Å². The number of nitrogens with one attached hydrogen (secondary N) is 1. The van der Waals surface area contributed by atoms with Gasteiger partial charge in [0.2, 0.25) is 0 Å². The van der Waals surface area contributed by atoms with Gasteiger partial charge in [0, 0.05) is 18.4 Å². The zero-order valence-electron chi connectivity index (χ0n) is 13.6. The van der Waals surface area contributed by atoms with Gasteiger partial charge in [-0.1, -0.05) is 12.1 Å². The molecule has 3 N–H and O–H groups in total. The van der Waals surface area contributed by atoms with Crippen LogP contribution in [0.15, 0.2) is 24.3 Å². The van der Waals surface area contributed by atoms with Crippen LogP contribution >= 0.6 is 0 Å². The van der Waals surface area contributed by atoms with E-state index in [2.05, 4.69) is 15.3 Å². The number of carbonyl (C=O) groups is 2. The second kappa shape index (κ2) is 7.69. The van der Waals surface area contributed by atoms with Crippen molar-refractivity contribution >= 4 is 28.7 Å². The van der Waals surface area contributed by atoms with E-state index < -0.39 is 24.4 Å². The van der Waals surface area contributed by atoms with Crippen LogP contribution in [0.4, 0.5) is 5.82 Å². The lowest BCUT2D eigenvalue weighted by Crippen LogP contribution is -2.32. The van der Waals surface area contributed by atoms with E-state index in [0.717, 1.165) is 6.54 Å². The predicted molar refractivity (Wildman–Crippen MR) is 89.1 cm³/mol. The van der Waals surface area contributed by atoms with Gasteiger partial charge in [-0.05, 0) is 26.2 Å². The number of hydrogen-bond donors (Lipinski definition) is 3. The molecule has 1 aromatic heterocycles. The molecule has 0 saturated heterocycles. The average molecular weight is 332 g/mol. The lowest BCUT2D eigenvalue weighted by Gasteiger charge is -2.16. The van der Waals surface area contributed by atoms with Gasteiger partial charge in [0.05, 0.1) is 11.9 Å². The lowest BCUT2D eigenvalue weighted by atomic mass is 10.1. The van der Waals surface area contributed by atoms with Gasteiger partial charge in [0.25, 0.3) is 0 Å². The van der Waals surface area contributed by atoms with Crippen molar-refractivity contribution < 1.29 is 19.8 Å². The van der Waals surface area contributed by atoms with E-state index in [0.29, 0.717) is 29.0 Å². The Balaban J connectivity index is 2.38. The highest BCUT2D eigenvalue weighted by molar-refractivity contribution is 5.91. The molecule has 8 heteroatoms. The minimum absolute atomic E-state index is 0.336. The van der Waals surface area contributed by atoms with Gasteiger partial charge in [-0.3, -0.25) is 4.79 Å². The minimum Gasteiger partial charge on any atom is -0.481 e. The van der Waals surface area contributed by atoms with Gasteiger partial charge in [0.15, 0.2) is 0 Å². The molecule has 1 heterocycles. The molecule has 0 bridgehead atoms. The summed E-state index contributed by atoms with van der Waals surface area (Å²) in [5, 5.41) is 21.5. The van der Waals surface area contributed by atoms with Crippen molar-refractivity contribution in [2.45, 2.75) is 18.9 Å². The summed E-state index contributed by atoms with van der Waals surface area (Å²) in [6.07, 6.45) is 0.0594. The third-order valence-corrected chi connectivity index (χ3v) is 3.42. The van der Waals surface area contributed by atoms with Gasteiger partial charge in [-0.2, -0.15) is 0 Å². The molecule has 1 aromatic carbocycles. The molecule has 2 aromatic rings.